The van der Waals surface area contributed by atoms with E-state index >= 15 is 0 Å². The Morgan fingerprint density at radius 1 is 0.654 bits per heavy atom. The number of furan rings is 1. The van der Waals surface area contributed by atoms with Crippen LogP contribution in [0.4, 0.5) is 0 Å². The molecular weight excluding hydrogens is 813 g/mol. The molecule has 3 nitrogen and oxygen atoms in total. The maximum absolute atomic E-state index is 8.69. The van der Waals surface area contributed by atoms with E-state index in [0.29, 0.717) is 38.7 Å². The summed E-state index contributed by atoms with van der Waals surface area (Å²) in [5, 5.41) is 1.19. The summed E-state index contributed by atoms with van der Waals surface area (Å²) < 4.78 is 135. The molecule has 0 amide bonds. The SMILES string of the molecule is [2H]C([2H])([2H])c1c[c-]c(-c2ccc(C([2H])([2H])C(C)(C)C)cn2)cc1.[2H]C([2H])([2H])c1cnc(-c2[c-]ccc3c2oc2c(C([2H])([2H])[2H])cccc23)cc1-c1ccc(C([2H])([2H])C(C)(C)C)cc1C([2H])([2H])[2H].[Ir]. The van der Waals surface area contributed by atoms with E-state index in [4.69, 9.17) is 26.3 Å². The fourth-order valence-corrected chi connectivity index (χ4v) is 5.70. The van der Waals surface area contributed by atoms with Crippen LogP contribution in [0.3, 0.4) is 0 Å². The largest absolute Gasteiger partial charge is 0.500 e. The van der Waals surface area contributed by atoms with Crippen molar-refractivity contribution < 1.29 is 46.5 Å². The van der Waals surface area contributed by atoms with Crippen LogP contribution in [0, 0.1) is 50.4 Å². The van der Waals surface area contributed by atoms with Crippen molar-refractivity contribution in [1.29, 1.82) is 0 Å². The van der Waals surface area contributed by atoms with Crippen LogP contribution < -0.4 is 0 Å². The van der Waals surface area contributed by atoms with Crippen molar-refractivity contribution in [3.05, 3.63) is 143 Å². The van der Waals surface area contributed by atoms with Crippen molar-refractivity contribution in [1.82, 2.24) is 9.97 Å². The normalized spacial score (nSPS) is 17.7. The van der Waals surface area contributed by atoms with Crippen molar-refractivity contribution in [2.45, 2.75) is 81.7 Å². The van der Waals surface area contributed by atoms with Crippen LogP contribution >= 0.6 is 0 Å². The van der Waals surface area contributed by atoms with E-state index in [1.54, 1.807) is 69.3 Å². The summed E-state index contributed by atoms with van der Waals surface area (Å²) in [6.45, 7) is 0.767. The Labute approximate surface area is 346 Å². The fraction of sp³-hybridized carbons (Fsp3) is 0.292. The summed E-state index contributed by atoms with van der Waals surface area (Å²) in [5.74, 6) is 0. The molecule has 7 aromatic rings. The Hall–Kier alpha value is -4.37. The minimum absolute atomic E-state index is 0. The third-order valence-electron chi connectivity index (χ3n) is 7.82. The molecular formula is C48H50IrN2O-2. The molecule has 0 saturated carbocycles. The van der Waals surface area contributed by atoms with Gasteiger partial charge in [0.05, 0.1) is 5.58 Å². The summed E-state index contributed by atoms with van der Waals surface area (Å²) in [6, 6.07) is 28.0. The summed E-state index contributed by atoms with van der Waals surface area (Å²) in [4.78, 5) is 8.72. The molecule has 0 aliphatic carbocycles. The zero-order chi connectivity index (χ0) is 50.1. The van der Waals surface area contributed by atoms with E-state index in [9.17, 15) is 0 Å². The zero-order valence-electron chi connectivity index (χ0n) is 45.9. The van der Waals surface area contributed by atoms with Gasteiger partial charge in [0, 0.05) is 59.8 Å². The number of aromatic nitrogens is 2. The van der Waals surface area contributed by atoms with Gasteiger partial charge in [-0.3, -0.25) is 0 Å². The molecule has 3 heterocycles. The molecule has 0 unspecified atom stereocenters. The molecule has 4 aromatic carbocycles. The monoisotopic (exact) mass is 879 g/mol. The van der Waals surface area contributed by atoms with Crippen LogP contribution in [0.25, 0.3) is 55.6 Å². The molecule has 4 heteroatoms. The number of pyridine rings is 2. The molecule has 0 bridgehead atoms. The maximum Gasteiger partial charge on any atom is 0.123 e. The van der Waals surface area contributed by atoms with E-state index in [2.05, 4.69) is 22.1 Å². The summed E-state index contributed by atoms with van der Waals surface area (Å²) in [6.07, 6.45) is -0.673. The molecule has 0 fully saturated rings. The van der Waals surface area contributed by atoms with Crippen molar-refractivity contribution in [3.8, 4) is 33.6 Å². The smallest absolute Gasteiger partial charge is 0.123 e. The van der Waals surface area contributed by atoms with E-state index < -0.39 is 51.0 Å². The topological polar surface area (TPSA) is 38.9 Å². The number of nitrogens with zero attached hydrogens (tertiary/aromatic N) is 2. The van der Waals surface area contributed by atoms with Crippen LogP contribution in [-0.2, 0) is 32.9 Å². The van der Waals surface area contributed by atoms with Crippen LogP contribution in [-0.4, -0.2) is 9.97 Å². The molecule has 0 aliphatic rings. The molecule has 0 saturated heterocycles. The van der Waals surface area contributed by atoms with E-state index in [-0.39, 0.29) is 70.3 Å². The van der Waals surface area contributed by atoms with E-state index in [1.807, 2.05) is 20.8 Å². The minimum atomic E-state index is -2.70. The van der Waals surface area contributed by atoms with Crippen molar-refractivity contribution in [2.75, 3.05) is 0 Å². The van der Waals surface area contributed by atoms with E-state index in [0.717, 1.165) is 0 Å². The fourth-order valence-electron chi connectivity index (χ4n) is 5.70. The van der Waals surface area contributed by atoms with Crippen molar-refractivity contribution >= 4 is 21.9 Å². The molecule has 52 heavy (non-hydrogen) atoms. The quantitative estimate of drug-likeness (QED) is 0.162. The number of benzene rings is 4. The first kappa shape index (κ1) is 22.6. The number of hydrogen-bond donors (Lipinski definition) is 0. The second-order valence-corrected chi connectivity index (χ2v) is 14.4. The van der Waals surface area contributed by atoms with Crippen LogP contribution in [0.15, 0.2) is 102 Å². The summed E-state index contributed by atoms with van der Waals surface area (Å²) >= 11 is 0. The van der Waals surface area contributed by atoms with Gasteiger partial charge in [-0.2, -0.15) is 0 Å². The molecule has 1 radical (unpaired) electrons. The maximum atomic E-state index is 8.69. The van der Waals surface area contributed by atoms with Crippen LogP contribution in [0.1, 0.15) is 96.9 Å². The first-order chi connectivity index (χ1) is 30.5. The molecule has 0 N–H and O–H groups in total. The molecule has 3 aromatic heterocycles. The second-order valence-electron chi connectivity index (χ2n) is 14.4. The van der Waals surface area contributed by atoms with Gasteiger partial charge in [0.25, 0.3) is 0 Å². The molecule has 0 atom stereocenters. The number of fused-ring (bicyclic) bond motifs is 3. The van der Waals surface area contributed by atoms with Gasteiger partial charge in [0.2, 0.25) is 0 Å². The van der Waals surface area contributed by atoms with Gasteiger partial charge in [-0.25, -0.2) is 0 Å². The number of para-hydroxylation sites is 1. The average Bonchev–Trinajstić information content (AvgIpc) is 3.60. The van der Waals surface area contributed by atoms with Gasteiger partial charge >= 0.3 is 0 Å². The number of rotatable bonds is 5. The van der Waals surface area contributed by atoms with Gasteiger partial charge in [-0.1, -0.05) is 114 Å². The number of aryl methyl sites for hydroxylation is 4. The Morgan fingerprint density at radius 3 is 2.06 bits per heavy atom. The summed E-state index contributed by atoms with van der Waals surface area (Å²) in [7, 11) is 0. The number of hydrogen-bond acceptors (Lipinski definition) is 3. The predicted molar refractivity (Wildman–Crippen MR) is 215 cm³/mol. The second kappa shape index (κ2) is 15.7. The van der Waals surface area contributed by atoms with Gasteiger partial charge in [-0.15, -0.1) is 53.6 Å². The van der Waals surface area contributed by atoms with Crippen molar-refractivity contribution in [2.24, 2.45) is 10.8 Å². The van der Waals surface area contributed by atoms with Gasteiger partial charge in [0.15, 0.2) is 0 Å². The van der Waals surface area contributed by atoms with Gasteiger partial charge < -0.3 is 14.4 Å². The van der Waals surface area contributed by atoms with E-state index in [1.165, 1.54) is 48.8 Å². The molecule has 269 valence electrons. The first-order valence-corrected chi connectivity index (χ1v) is 16.6. The van der Waals surface area contributed by atoms with Crippen molar-refractivity contribution in [3.63, 3.8) is 0 Å². The van der Waals surface area contributed by atoms with Gasteiger partial charge in [-0.05, 0) is 94.5 Å². The molecule has 0 spiro atoms. The third kappa shape index (κ3) is 9.16. The zero-order valence-corrected chi connectivity index (χ0v) is 32.3. The predicted octanol–water partition coefficient (Wildman–Crippen LogP) is 13.1. The molecule has 0 aliphatic heterocycles. The Balaban J connectivity index is 0.000000304. The average molecular weight is 879 g/mol. The van der Waals surface area contributed by atoms with Gasteiger partial charge in [0.1, 0.15) is 5.58 Å². The summed E-state index contributed by atoms with van der Waals surface area (Å²) in [5.41, 5.74) is 1.77. The molecule has 7 rings (SSSR count). The van der Waals surface area contributed by atoms with Crippen LogP contribution in [0.5, 0.6) is 0 Å². The third-order valence-corrected chi connectivity index (χ3v) is 7.82. The Kier molecular flexibility index (Phi) is 6.84. The standard InChI is InChI=1S/C31H30NO.C17H20N.Ir/c1-19-9-7-10-24-25-11-8-12-26(30(25)33-29(19)24)28-16-27(21(3)18-32-28)23-14-13-22(15-20(23)2)17-31(4,5)6;1-13-5-8-15(9-6-13)16-10-7-14(12-18-16)11-17(2,3)4;/h7-11,13-16,18H,17H2,1-6H3;5-8,10,12H,11H2,1-4H3;/q2*-1;/i1D3,2D3,3D3,17D2;1D3,11D2;. The Bertz CT molecular complexity index is 2920. The minimum Gasteiger partial charge on any atom is -0.500 e. The Morgan fingerprint density at radius 2 is 1.38 bits per heavy atom. The van der Waals surface area contributed by atoms with Crippen LogP contribution in [0.2, 0.25) is 0 Å². The first-order valence-electron chi connectivity index (χ1n) is 24.6.